The van der Waals surface area contributed by atoms with Crippen molar-refractivity contribution in [1.82, 2.24) is 5.01 Å². The van der Waals surface area contributed by atoms with Crippen LogP contribution in [-0.2, 0) is 0 Å². The van der Waals surface area contributed by atoms with E-state index >= 15 is 0 Å². The number of hydrogen-bond acceptors (Lipinski definition) is 2. The molecule has 0 atom stereocenters. The molecule has 0 radical (unpaired) electrons. The Kier molecular flexibility index (Phi) is 6.80. The van der Waals surface area contributed by atoms with Crippen LogP contribution in [0.15, 0.2) is 126 Å². The number of nitrogens with zero attached hydrogens (tertiary/aromatic N) is 3. The molecule has 0 spiro atoms. The van der Waals surface area contributed by atoms with E-state index in [2.05, 4.69) is 153 Å². The predicted octanol–water partition coefficient (Wildman–Crippen LogP) is 6.68. The van der Waals surface area contributed by atoms with Crippen LogP contribution in [0, 0.1) is 0 Å². The molecule has 34 heavy (non-hydrogen) atoms. The van der Waals surface area contributed by atoms with E-state index < -0.39 is 4.25 Å². The summed E-state index contributed by atoms with van der Waals surface area (Å²) in [5.74, 6) is 0. The number of hydrogen-bond donors (Lipinski definition) is 0. The fourth-order valence-corrected chi connectivity index (χ4v) is 13.5. The zero-order valence-electron chi connectivity index (χ0n) is 19.2. The molecule has 1 aliphatic rings. The Labute approximate surface area is 215 Å². The van der Waals surface area contributed by atoms with Crippen molar-refractivity contribution in [3.05, 3.63) is 115 Å². The van der Waals surface area contributed by atoms with Crippen LogP contribution in [0.5, 0.6) is 0 Å². The van der Waals surface area contributed by atoms with Crippen LogP contribution in [0.1, 0.15) is 19.3 Å². The molecule has 3 nitrogen and oxygen atoms in total. The zero-order chi connectivity index (χ0) is 23.3. The minimum atomic E-state index is -3.01. The summed E-state index contributed by atoms with van der Waals surface area (Å²) >= 11 is 2.81. The van der Waals surface area contributed by atoms with Crippen molar-refractivity contribution in [2.45, 2.75) is 19.3 Å². The standard InChI is InChI=1S/C29H29IN3P/c30-34(26-13-5-1-6-14-26,27-15-7-2-8-16-27,28-17-9-3-10-18-28)29-21-19-25(20-22-29)31-32-33-23-11-4-12-24-33/h1-3,5-10,13-22H,4,11-12,23-24H2. The summed E-state index contributed by atoms with van der Waals surface area (Å²) in [6.45, 7) is 2.00. The Bertz CT molecular complexity index is 1140. The van der Waals surface area contributed by atoms with Crippen LogP contribution in [0.2, 0.25) is 0 Å². The minimum absolute atomic E-state index is 0.893. The number of piperidine rings is 1. The molecule has 5 heteroatoms. The third-order valence-corrected chi connectivity index (χ3v) is 18.4. The summed E-state index contributed by atoms with van der Waals surface area (Å²) < 4.78 is -3.01. The van der Waals surface area contributed by atoms with Crippen LogP contribution in [-0.4, -0.2) is 18.1 Å². The first-order chi connectivity index (χ1) is 16.7. The third-order valence-electron chi connectivity index (χ3n) is 6.68. The fraction of sp³-hybridized carbons (Fsp3) is 0.172. The first-order valence-corrected chi connectivity index (χ1v) is 16.9. The second-order valence-corrected chi connectivity index (χ2v) is 18.6. The molecule has 5 rings (SSSR count). The molecule has 0 aromatic heterocycles. The summed E-state index contributed by atoms with van der Waals surface area (Å²) in [5, 5.41) is 16.5. The van der Waals surface area contributed by atoms with Gasteiger partial charge in [0.2, 0.25) is 0 Å². The Morgan fingerprint density at radius 1 is 0.529 bits per heavy atom. The second kappa shape index (κ2) is 9.97. The van der Waals surface area contributed by atoms with E-state index in [0.717, 1.165) is 18.8 Å². The van der Waals surface area contributed by atoms with Crippen molar-refractivity contribution >= 4 is 53.2 Å². The maximum atomic E-state index is 4.56. The summed E-state index contributed by atoms with van der Waals surface area (Å²) in [4.78, 5) is 0. The quantitative estimate of drug-likeness (QED) is 0.143. The fourth-order valence-electron chi connectivity index (χ4n) is 4.90. The molecule has 0 amide bonds. The van der Waals surface area contributed by atoms with Crippen molar-refractivity contribution in [2.75, 3.05) is 13.1 Å². The Morgan fingerprint density at radius 3 is 1.38 bits per heavy atom. The van der Waals surface area contributed by atoms with E-state index in [4.69, 9.17) is 0 Å². The van der Waals surface area contributed by atoms with E-state index in [1.54, 1.807) is 0 Å². The monoisotopic (exact) mass is 577 g/mol. The van der Waals surface area contributed by atoms with Gasteiger partial charge in [-0.3, -0.25) is 0 Å². The van der Waals surface area contributed by atoms with Crippen molar-refractivity contribution in [1.29, 1.82) is 0 Å². The van der Waals surface area contributed by atoms with Crippen LogP contribution in [0.4, 0.5) is 5.69 Å². The van der Waals surface area contributed by atoms with Crippen LogP contribution in [0.25, 0.3) is 0 Å². The predicted molar refractivity (Wildman–Crippen MR) is 155 cm³/mol. The SMILES string of the molecule is IP(c1ccccc1)(c1ccccc1)(c1ccccc1)c1ccc(N=NN2CCCCC2)cc1. The van der Waals surface area contributed by atoms with Crippen molar-refractivity contribution in [3.8, 4) is 0 Å². The van der Waals surface area contributed by atoms with Crippen molar-refractivity contribution in [2.24, 2.45) is 10.3 Å². The molecule has 4 aromatic carbocycles. The van der Waals surface area contributed by atoms with Gasteiger partial charge in [0.05, 0.1) is 0 Å². The van der Waals surface area contributed by atoms with Gasteiger partial charge in [-0.05, 0) is 0 Å². The molecular formula is C29H29IN3P. The molecule has 1 saturated heterocycles. The molecule has 1 heterocycles. The van der Waals surface area contributed by atoms with Crippen LogP contribution >= 0.6 is 26.3 Å². The molecule has 0 bridgehead atoms. The first-order valence-electron chi connectivity index (χ1n) is 11.9. The van der Waals surface area contributed by atoms with Gasteiger partial charge in [0.25, 0.3) is 0 Å². The van der Waals surface area contributed by atoms with E-state index in [9.17, 15) is 0 Å². The van der Waals surface area contributed by atoms with E-state index in [1.807, 2.05) is 0 Å². The molecule has 1 aliphatic heterocycles. The van der Waals surface area contributed by atoms with Crippen LogP contribution < -0.4 is 21.2 Å². The first kappa shape index (κ1) is 23.2. The molecule has 4 aromatic rings. The van der Waals surface area contributed by atoms with E-state index in [-0.39, 0.29) is 0 Å². The average Bonchev–Trinajstić information content (AvgIpc) is 2.94. The van der Waals surface area contributed by atoms with Gasteiger partial charge in [-0.25, -0.2) is 0 Å². The van der Waals surface area contributed by atoms with E-state index in [1.165, 1.54) is 40.5 Å². The van der Waals surface area contributed by atoms with Crippen LogP contribution in [0.3, 0.4) is 0 Å². The summed E-state index contributed by atoms with van der Waals surface area (Å²) in [5.41, 5.74) is 0.893. The average molecular weight is 577 g/mol. The van der Waals surface area contributed by atoms with Crippen molar-refractivity contribution in [3.63, 3.8) is 0 Å². The Hall–Kier alpha value is -2.56. The third kappa shape index (κ3) is 4.08. The molecule has 0 N–H and O–H groups in total. The summed E-state index contributed by atoms with van der Waals surface area (Å²) in [6.07, 6.45) is 3.70. The zero-order valence-corrected chi connectivity index (χ0v) is 22.2. The molecule has 0 saturated carbocycles. The van der Waals surface area contributed by atoms with E-state index in [0.29, 0.717) is 0 Å². The molecule has 0 unspecified atom stereocenters. The topological polar surface area (TPSA) is 28.0 Å². The van der Waals surface area contributed by atoms with Gasteiger partial charge in [-0.15, -0.1) is 0 Å². The van der Waals surface area contributed by atoms with Gasteiger partial charge >= 0.3 is 216 Å². The Morgan fingerprint density at radius 2 is 0.941 bits per heavy atom. The van der Waals surface area contributed by atoms with Gasteiger partial charge in [0.1, 0.15) is 0 Å². The summed E-state index contributed by atoms with van der Waals surface area (Å²) in [7, 11) is 0. The van der Waals surface area contributed by atoms with Gasteiger partial charge in [0, 0.05) is 0 Å². The Balaban J connectivity index is 1.69. The normalized spacial score (nSPS) is 15.7. The van der Waals surface area contributed by atoms with Gasteiger partial charge in [-0.2, -0.15) is 0 Å². The number of rotatable bonds is 6. The van der Waals surface area contributed by atoms with Gasteiger partial charge in [0.15, 0.2) is 0 Å². The van der Waals surface area contributed by atoms with Gasteiger partial charge in [-0.1, -0.05) is 0 Å². The van der Waals surface area contributed by atoms with Gasteiger partial charge < -0.3 is 0 Å². The number of halogens is 1. The molecule has 0 aliphatic carbocycles. The molecule has 172 valence electrons. The second-order valence-electron chi connectivity index (χ2n) is 8.74. The number of benzene rings is 4. The van der Waals surface area contributed by atoms with Crippen molar-refractivity contribution < 1.29 is 0 Å². The maximum absolute atomic E-state index is 4.56. The summed E-state index contributed by atoms with van der Waals surface area (Å²) in [6, 6.07) is 41.7. The molecule has 1 fully saturated rings. The molecular weight excluding hydrogens is 548 g/mol.